The van der Waals surface area contributed by atoms with Gasteiger partial charge in [0.15, 0.2) is 0 Å². The lowest BCUT2D eigenvalue weighted by atomic mass is 9.99. The molecule has 25 heavy (non-hydrogen) atoms. The molecule has 138 valence electrons. The maximum Gasteiger partial charge on any atom is 0.225 e. The molecule has 1 aromatic rings. The largest absolute Gasteiger partial charge is 0.339 e. The third kappa shape index (κ3) is 5.03. The zero-order chi connectivity index (χ0) is 18.4. The highest BCUT2D eigenvalue weighted by Gasteiger charge is 2.29. The average molecular weight is 348 g/mol. The van der Waals surface area contributed by atoms with Crippen molar-refractivity contribution in [2.45, 2.75) is 40.0 Å². The van der Waals surface area contributed by atoms with Crippen LogP contribution in [0.5, 0.6) is 0 Å². The fourth-order valence-corrected chi connectivity index (χ4v) is 3.42. The topological polar surface area (TPSA) is 40.6 Å². The second-order valence-electron chi connectivity index (χ2n) is 6.90. The van der Waals surface area contributed by atoms with Crippen molar-refractivity contribution in [2.75, 3.05) is 26.2 Å². The van der Waals surface area contributed by atoms with E-state index in [1.54, 1.807) is 12.1 Å². The van der Waals surface area contributed by atoms with Crippen molar-refractivity contribution < 1.29 is 14.0 Å². The highest BCUT2D eigenvalue weighted by atomic mass is 19.1. The Morgan fingerprint density at radius 1 is 0.960 bits per heavy atom. The average Bonchev–Trinajstić information content (AvgIpc) is 2.64. The van der Waals surface area contributed by atoms with Crippen molar-refractivity contribution in [2.24, 2.45) is 11.8 Å². The Bertz CT molecular complexity index is 576. The Kier molecular flexibility index (Phi) is 6.97. The fourth-order valence-electron chi connectivity index (χ4n) is 3.42. The Morgan fingerprint density at radius 3 is 1.92 bits per heavy atom. The molecule has 2 amide bonds. The summed E-state index contributed by atoms with van der Waals surface area (Å²) in [6.07, 6.45) is 2.33. The molecule has 1 saturated heterocycles. The minimum absolute atomic E-state index is 0.0969. The van der Waals surface area contributed by atoms with Crippen LogP contribution in [0, 0.1) is 17.7 Å². The first-order valence-corrected chi connectivity index (χ1v) is 9.28. The van der Waals surface area contributed by atoms with Gasteiger partial charge < -0.3 is 9.80 Å². The van der Waals surface area contributed by atoms with E-state index in [0.717, 1.165) is 18.4 Å². The van der Waals surface area contributed by atoms with Crippen LogP contribution >= 0.6 is 0 Å². The van der Waals surface area contributed by atoms with Crippen molar-refractivity contribution >= 4 is 11.8 Å². The number of amides is 2. The van der Waals surface area contributed by atoms with Gasteiger partial charge in [0.05, 0.1) is 0 Å². The van der Waals surface area contributed by atoms with Gasteiger partial charge >= 0.3 is 0 Å². The van der Waals surface area contributed by atoms with Gasteiger partial charge in [0.1, 0.15) is 5.82 Å². The molecule has 0 bridgehead atoms. The van der Waals surface area contributed by atoms with Crippen molar-refractivity contribution in [1.82, 2.24) is 9.80 Å². The molecule has 1 heterocycles. The van der Waals surface area contributed by atoms with E-state index in [2.05, 4.69) is 0 Å². The van der Waals surface area contributed by atoms with E-state index in [-0.39, 0.29) is 29.5 Å². The first kappa shape index (κ1) is 19.4. The van der Waals surface area contributed by atoms with Gasteiger partial charge in [-0.1, -0.05) is 32.9 Å². The number of halogens is 1. The van der Waals surface area contributed by atoms with Crippen LogP contribution in [0.15, 0.2) is 24.3 Å². The van der Waals surface area contributed by atoms with Crippen LogP contribution in [0.3, 0.4) is 0 Å². The van der Waals surface area contributed by atoms with Crippen LogP contribution in [0.4, 0.5) is 4.39 Å². The van der Waals surface area contributed by atoms with Crippen LogP contribution in [-0.2, 0) is 16.0 Å². The van der Waals surface area contributed by atoms with Crippen molar-refractivity contribution in [3.63, 3.8) is 0 Å². The van der Waals surface area contributed by atoms with Crippen LogP contribution in [0.25, 0.3) is 0 Å². The predicted octanol–water partition coefficient (Wildman–Crippen LogP) is 3.11. The van der Waals surface area contributed by atoms with E-state index in [1.807, 2.05) is 30.6 Å². The molecule has 0 aromatic heterocycles. The lowest BCUT2D eigenvalue weighted by molar-refractivity contribution is -0.144. The van der Waals surface area contributed by atoms with E-state index in [0.29, 0.717) is 32.6 Å². The molecule has 2 rings (SSSR count). The summed E-state index contributed by atoms with van der Waals surface area (Å²) in [6.45, 7) is 8.42. The van der Waals surface area contributed by atoms with Gasteiger partial charge in [0, 0.05) is 38.0 Å². The van der Waals surface area contributed by atoms with Crippen LogP contribution < -0.4 is 0 Å². The molecule has 1 fully saturated rings. The summed E-state index contributed by atoms with van der Waals surface area (Å²) in [5, 5.41) is 0. The molecule has 0 N–H and O–H groups in total. The Hall–Kier alpha value is -1.91. The Labute approximate surface area is 150 Å². The van der Waals surface area contributed by atoms with Gasteiger partial charge in [-0.3, -0.25) is 9.59 Å². The highest BCUT2D eigenvalue weighted by Crippen LogP contribution is 2.17. The predicted molar refractivity (Wildman–Crippen MR) is 96.5 cm³/mol. The van der Waals surface area contributed by atoms with Crippen LogP contribution in [0.1, 0.15) is 39.2 Å². The summed E-state index contributed by atoms with van der Waals surface area (Å²) in [5.74, 6) is 0.0165. The standard InChI is InChI=1S/C20H29FN2O2/c1-4-17(5-2)20(25)23-12-10-22(11-13-23)19(24)15(3)14-16-6-8-18(21)9-7-16/h6-9,15,17H,4-5,10-14H2,1-3H3. The molecule has 1 aliphatic rings. The molecule has 1 atom stereocenters. The quantitative estimate of drug-likeness (QED) is 0.792. The first-order chi connectivity index (χ1) is 12.0. The molecule has 0 aliphatic carbocycles. The molecule has 4 nitrogen and oxygen atoms in total. The zero-order valence-corrected chi connectivity index (χ0v) is 15.5. The molecule has 5 heteroatoms. The summed E-state index contributed by atoms with van der Waals surface area (Å²) >= 11 is 0. The number of carbonyl (C=O) groups is 2. The van der Waals surface area contributed by atoms with E-state index in [9.17, 15) is 14.0 Å². The smallest absolute Gasteiger partial charge is 0.225 e. The van der Waals surface area contributed by atoms with Gasteiger partial charge in [0.25, 0.3) is 0 Å². The molecular formula is C20H29FN2O2. The SMILES string of the molecule is CCC(CC)C(=O)N1CCN(C(=O)C(C)Cc2ccc(F)cc2)CC1. The molecule has 0 radical (unpaired) electrons. The number of piperazine rings is 1. The molecule has 1 aromatic carbocycles. The molecule has 1 aliphatic heterocycles. The van der Waals surface area contributed by atoms with Gasteiger partial charge in [-0.25, -0.2) is 4.39 Å². The van der Waals surface area contributed by atoms with Crippen molar-refractivity contribution in [3.8, 4) is 0 Å². The molecule has 0 saturated carbocycles. The number of hydrogen-bond donors (Lipinski definition) is 0. The van der Waals surface area contributed by atoms with Crippen molar-refractivity contribution in [1.29, 1.82) is 0 Å². The maximum absolute atomic E-state index is 13.0. The van der Waals surface area contributed by atoms with Gasteiger partial charge in [-0.05, 0) is 37.0 Å². The van der Waals surface area contributed by atoms with Crippen LogP contribution in [0.2, 0.25) is 0 Å². The van der Waals surface area contributed by atoms with E-state index < -0.39 is 0 Å². The summed E-state index contributed by atoms with van der Waals surface area (Å²) in [6, 6.07) is 6.31. The third-order valence-electron chi connectivity index (χ3n) is 5.11. The second-order valence-corrected chi connectivity index (χ2v) is 6.90. The molecule has 0 spiro atoms. The lowest BCUT2D eigenvalue weighted by Gasteiger charge is -2.37. The summed E-state index contributed by atoms with van der Waals surface area (Å²) in [7, 11) is 0. The van der Waals surface area contributed by atoms with Gasteiger partial charge in [-0.2, -0.15) is 0 Å². The monoisotopic (exact) mass is 348 g/mol. The van der Waals surface area contributed by atoms with E-state index in [1.165, 1.54) is 12.1 Å². The van der Waals surface area contributed by atoms with Gasteiger partial charge in [-0.15, -0.1) is 0 Å². The summed E-state index contributed by atoms with van der Waals surface area (Å²) in [5.41, 5.74) is 0.963. The molecule has 1 unspecified atom stereocenters. The lowest BCUT2D eigenvalue weighted by Crippen LogP contribution is -2.53. The Morgan fingerprint density at radius 2 is 1.44 bits per heavy atom. The summed E-state index contributed by atoms with van der Waals surface area (Å²) in [4.78, 5) is 28.8. The highest BCUT2D eigenvalue weighted by molar-refractivity contribution is 5.81. The first-order valence-electron chi connectivity index (χ1n) is 9.28. The number of rotatable bonds is 6. The van der Waals surface area contributed by atoms with E-state index in [4.69, 9.17) is 0 Å². The maximum atomic E-state index is 13.0. The number of hydrogen-bond acceptors (Lipinski definition) is 2. The number of nitrogens with zero attached hydrogens (tertiary/aromatic N) is 2. The van der Waals surface area contributed by atoms with Gasteiger partial charge in [0.2, 0.25) is 11.8 Å². The normalized spacial score (nSPS) is 16.2. The second kappa shape index (κ2) is 8.97. The Balaban J connectivity index is 1.86. The number of carbonyl (C=O) groups excluding carboxylic acids is 2. The van der Waals surface area contributed by atoms with Crippen LogP contribution in [-0.4, -0.2) is 47.8 Å². The summed E-state index contributed by atoms with van der Waals surface area (Å²) < 4.78 is 13.0. The zero-order valence-electron chi connectivity index (χ0n) is 15.5. The van der Waals surface area contributed by atoms with Crippen molar-refractivity contribution in [3.05, 3.63) is 35.6 Å². The minimum atomic E-state index is -0.263. The third-order valence-corrected chi connectivity index (χ3v) is 5.11. The van der Waals surface area contributed by atoms with E-state index >= 15 is 0 Å². The minimum Gasteiger partial charge on any atom is -0.339 e. The molecular weight excluding hydrogens is 319 g/mol. The number of benzene rings is 1. The fraction of sp³-hybridized carbons (Fsp3) is 0.600.